The smallest absolute Gasteiger partial charge is 0.170 e. The molecule has 0 amide bonds. The molecular formula is C14H26OSi. The summed E-state index contributed by atoms with van der Waals surface area (Å²) in [5.74, 6) is 2.92. The van der Waals surface area contributed by atoms with Gasteiger partial charge < -0.3 is 4.43 Å². The van der Waals surface area contributed by atoms with E-state index in [9.17, 15) is 0 Å². The SMILES string of the molecule is C[SiH](C)OCCCCCC1CC2C=CC1C2. The fourth-order valence-corrected chi connectivity index (χ4v) is 3.87. The van der Waals surface area contributed by atoms with Gasteiger partial charge in [-0.2, -0.15) is 0 Å². The molecule has 1 fully saturated rings. The van der Waals surface area contributed by atoms with Crippen LogP contribution in [0.4, 0.5) is 0 Å². The maximum Gasteiger partial charge on any atom is 0.170 e. The highest BCUT2D eigenvalue weighted by atomic mass is 28.3. The highest BCUT2D eigenvalue weighted by molar-refractivity contribution is 6.48. The van der Waals surface area contributed by atoms with E-state index in [0.29, 0.717) is 0 Å². The normalized spacial score (nSPS) is 31.8. The van der Waals surface area contributed by atoms with Crippen LogP contribution in [-0.4, -0.2) is 15.6 Å². The third kappa shape index (κ3) is 3.46. The Labute approximate surface area is 102 Å². The van der Waals surface area contributed by atoms with Crippen LogP contribution in [0.15, 0.2) is 12.2 Å². The molecule has 0 aromatic heterocycles. The van der Waals surface area contributed by atoms with Crippen molar-refractivity contribution in [2.45, 2.75) is 51.6 Å². The number of hydrogen-bond acceptors (Lipinski definition) is 1. The molecule has 3 atom stereocenters. The first-order valence-corrected chi connectivity index (χ1v) is 9.83. The summed E-state index contributed by atoms with van der Waals surface area (Å²) in [5, 5.41) is 0. The molecule has 3 unspecified atom stereocenters. The molecule has 0 aromatic rings. The van der Waals surface area contributed by atoms with E-state index in [1.54, 1.807) is 0 Å². The Morgan fingerprint density at radius 1 is 1.12 bits per heavy atom. The lowest BCUT2D eigenvalue weighted by molar-refractivity contribution is 0.306. The van der Waals surface area contributed by atoms with Crippen molar-refractivity contribution in [3.8, 4) is 0 Å². The lowest BCUT2D eigenvalue weighted by Crippen LogP contribution is -2.09. The number of unbranched alkanes of at least 4 members (excludes halogenated alkanes) is 2. The van der Waals surface area contributed by atoms with Gasteiger partial charge in [0.15, 0.2) is 9.04 Å². The molecule has 16 heavy (non-hydrogen) atoms. The Morgan fingerprint density at radius 3 is 2.62 bits per heavy atom. The number of fused-ring (bicyclic) bond motifs is 2. The molecule has 0 heterocycles. The molecule has 0 aliphatic heterocycles. The summed E-state index contributed by atoms with van der Waals surface area (Å²) < 4.78 is 5.69. The minimum absolute atomic E-state index is 0.763. The largest absolute Gasteiger partial charge is 0.421 e. The van der Waals surface area contributed by atoms with Gasteiger partial charge in [0.1, 0.15) is 0 Å². The third-order valence-corrected chi connectivity index (χ3v) is 4.99. The Hall–Kier alpha value is -0.0831. The van der Waals surface area contributed by atoms with E-state index in [1.807, 2.05) is 0 Å². The van der Waals surface area contributed by atoms with Gasteiger partial charge in [-0.15, -0.1) is 0 Å². The summed E-state index contributed by atoms with van der Waals surface area (Å²) in [6, 6.07) is 0. The van der Waals surface area contributed by atoms with Crippen molar-refractivity contribution >= 4 is 9.04 Å². The van der Waals surface area contributed by atoms with E-state index in [1.165, 1.54) is 38.5 Å². The van der Waals surface area contributed by atoms with Gasteiger partial charge in [-0.25, -0.2) is 0 Å². The fraction of sp³-hybridized carbons (Fsp3) is 0.857. The van der Waals surface area contributed by atoms with Crippen LogP contribution in [0.25, 0.3) is 0 Å². The maximum atomic E-state index is 5.69. The van der Waals surface area contributed by atoms with Gasteiger partial charge in [-0.3, -0.25) is 0 Å². The van der Waals surface area contributed by atoms with E-state index in [2.05, 4.69) is 25.2 Å². The van der Waals surface area contributed by atoms with Crippen molar-refractivity contribution in [2.75, 3.05) is 6.61 Å². The van der Waals surface area contributed by atoms with Crippen molar-refractivity contribution < 1.29 is 4.43 Å². The summed E-state index contributed by atoms with van der Waals surface area (Å²) in [4.78, 5) is 0. The highest BCUT2D eigenvalue weighted by Gasteiger charge is 2.34. The quantitative estimate of drug-likeness (QED) is 0.373. The van der Waals surface area contributed by atoms with Crippen molar-refractivity contribution in [2.24, 2.45) is 17.8 Å². The molecule has 92 valence electrons. The van der Waals surface area contributed by atoms with Gasteiger partial charge in [0, 0.05) is 6.61 Å². The first-order chi connectivity index (χ1) is 7.75. The number of rotatable bonds is 7. The molecule has 2 heteroatoms. The second-order valence-electron chi connectivity index (χ2n) is 5.81. The Bertz CT molecular complexity index is 237. The molecule has 1 nitrogen and oxygen atoms in total. The topological polar surface area (TPSA) is 9.23 Å². The van der Waals surface area contributed by atoms with E-state index in [0.717, 1.165) is 24.4 Å². The standard InChI is InChI=1S/C14H26OSi/c1-16(2)15-9-5-3-4-6-13-10-12-7-8-14(13)11-12/h7-8,12-14,16H,3-6,9-11H2,1-2H3. The number of hydrogen-bond donors (Lipinski definition) is 0. The first-order valence-electron chi connectivity index (χ1n) is 7.05. The average molecular weight is 238 g/mol. The van der Waals surface area contributed by atoms with Gasteiger partial charge in [0.05, 0.1) is 0 Å². The molecular weight excluding hydrogens is 212 g/mol. The van der Waals surface area contributed by atoms with Gasteiger partial charge in [-0.05, 0) is 56.5 Å². The third-order valence-electron chi connectivity index (χ3n) is 4.09. The molecule has 0 aromatic carbocycles. The molecule has 0 N–H and O–H groups in total. The van der Waals surface area contributed by atoms with Crippen LogP contribution in [0.2, 0.25) is 13.1 Å². The molecule has 2 rings (SSSR count). The molecule has 2 aliphatic rings. The van der Waals surface area contributed by atoms with Crippen molar-refractivity contribution in [3.05, 3.63) is 12.2 Å². The molecule has 0 saturated heterocycles. The Morgan fingerprint density at radius 2 is 2.00 bits per heavy atom. The molecule has 2 aliphatic carbocycles. The predicted octanol–water partition coefficient (Wildman–Crippen LogP) is 3.76. The second kappa shape index (κ2) is 6.01. The minimum atomic E-state index is -0.763. The molecule has 1 saturated carbocycles. The van der Waals surface area contributed by atoms with Crippen molar-refractivity contribution in [1.82, 2.24) is 0 Å². The average Bonchev–Trinajstić information content (AvgIpc) is 2.84. The van der Waals surface area contributed by atoms with Crippen LogP contribution in [0.5, 0.6) is 0 Å². The Kier molecular flexibility index (Phi) is 4.65. The summed E-state index contributed by atoms with van der Waals surface area (Å²) in [6.45, 7) is 5.52. The second-order valence-corrected chi connectivity index (χ2v) is 8.24. The lowest BCUT2D eigenvalue weighted by Gasteiger charge is -2.17. The minimum Gasteiger partial charge on any atom is -0.421 e. The van der Waals surface area contributed by atoms with Gasteiger partial charge in [-0.1, -0.05) is 25.0 Å². The van der Waals surface area contributed by atoms with E-state index in [4.69, 9.17) is 4.43 Å². The van der Waals surface area contributed by atoms with Crippen molar-refractivity contribution in [3.63, 3.8) is 0 Å². The summed E-state index contributed by atoms with van der Waals surface area (Å²) in [6.07, 6.45) is 13.4. The summed E-state index contributed by atoms with van der Waals surface area (Å²) in [5.41, 5.74) is 0. The predicted molar refractivity (Wildman–Crippen MR) is 72.1 cm³/mol. The van der Waals surface area contributed by atoms with Crippen LogP contribution in [0, 0.1) is 17.8 Å². The van der Waals surface area contributed by atoms with Crippen LogP contribution >= 0.6 is 0 Å². The van der Waals surface area contributed by atoms with E-state index < -0.39 is 9.04 Å². The zero-order valence-corrected chi connectivity index (χ0v) is 12.0. The van der Waals surface area contributed by atoms with Crippen LogP contribution < -0.4 is 0 Å². The summed E-state index contributed by atoms with van der Waals surface area (Å²) >= 11 is 0. The Balaban J connectivity index is 1.48. The van der Waals surface area contributed by atoms with Gasteiger partial charge in [0.2, 0.25) is 0 Å². The van der Waals surface area contributed by atoms with E-state index in [-0.39, 0.29) is 0 Å². The lowest BCUT2D eigenvalue weighted by atomic mass is 9.89. The van der Waals surface area contributed by atoms with E-state index >= 15 is 0 Å². The highest BCUT2D eigenvalue weighted by Crippen LogP contribution is 2.45. The zero-order chi connectivity index (χ0) is 11.4. The molecule has 2 bridgehead atoms. The molecule has 0 spiro atoms. The monoisotopic (exact) mass is 238 g/mol. The van der Waals surface area contributed by atoms with Gasteiger partial charge in [0.25, 0.3) is 0 Å². The van der Waals surface area contributed by atoms with Crippen molar-refractivity contribution in [1.29, 1.82) is 0 Å². The van der Waals surface area contributed by atoms with Crippen LogP contribution in [0.3, 0.4) is 0 Å². The maximum absolute atomic E-state index is 5.69. The fourth-order valence-electron chi connectivity index (χ4n) is 3.23. The zero-order valence-electron chi connectivity index (χ0n) is 10.8. The van der Waals surface area contributed by atoms with Gasteiger partial charge >= 0.3 is 0 Å². The first kappa shape index (κ1) is 12.4. The van der Waals surface area contributed by atoms with Crippen LogP contribution in [-0.2, 0) is 4.43 Å². The summed E-state index contributed by atoms with van der Waals surface area (Å²) in [7, 11) is -0.763. The number of allylic oxidation sites excluding steroid dienone is 2. The van der Waals surface area contributed by atoms with Crippen LogP contribution in [0.1, 0.15) is 38.5 Å². The molecule has 0 radical (unpaired) electrons.